The minimum Gasteiger partial charge on any atom is -0.481 e. The maximum Gasteiger partial charge on any atom is 0.313 e. The second-order valence-corrected chi connectivity index (χ2v) is 6.73. The number of ether oxygens (including phenoxy) is 1. The highest BCUT2D eigenvalue weighted by molar-refractivity contribution is 7.99. The van der Waals surface area contributed by atoms with E-state index < -0.39 is 12.1 Å². The fourth-order valence-electron chi connectivity index (χ4n) is 1.73. The number of anilines is 1. The Bertz CT molecular complexity index is 771. The number of carbonyl (C=O) groups excluding carboxylic acids is 1. The van der Waals surface area contributed by atoms with E-state index in [1.54, 1.807) is 31.2 Å². The van der Waals surface area contributed by atoms with Gasteiger partial charge >= 0.3 is 5.97 Å². The van der Waals surface area contributed by atoms with Crippen LogP contribution in [-0.4, -0.2) is 33.8 Å². The number of hydrogen-bond acceptors (Lipinski definition) is 5. The minimum atomic E-state index is -0.920. The maximum absolute atomic E-state index is 12.2. The van der Waals surface area contributed by atoms with Crippen molar-refractivity contribution in [1.82, 2.24) is 4.98 Å². The van der Waals surface area contributed by atoms with E-state index in [0.717, 1.165) is 11.8 Å². The number of amides is 1. The molecule has 1 amide bonds. The van der Waals surface area contributed by atoms with Crippen LogP contribution >= 0.6 is 35.0 Å². The number of halogens is 2. The molecule has 1 heterocycles. The molecule has 0 saturated carbocycles. The minimum absolute atomic E-state index is 0.0779. The molecular weight excluding hydrogens is 387 g/mol. The first-order chi connectivity index (χ1) is 11.8. The highest BCUT2D eigenvalue weighted by atomic mass is 35.5. The van der Waals surface area contributed by atoms with E-state index in [9.17, 15) is 9.59 Å². The maximum atomic E-state index is 12.2. The molecule has 0 saturated heterocycles. The molecule has 0 radical (unpaired) electrons. The summed E-state index contributed by atoms with van der Waals surface area (Å²) in [4.78, 5) is 26.8. The highest BCUT2D eigenvalue weighted by Crippen LogP contribution is 2.28. The number of aromatic nitrogens is 1. The summed E-state index contributed by atoms with van der Waals surface area (Å²) in [5.41, 5.74) is 0.474. The molecule has 25 heavy (non-hydrogen) atoms. The lowest BCUT2D eigenvalue weighted by Gasteiger charge is -2.15. The quantitative estimate of drug-likeness (QED) is 0.683. The van der Waals surface area contributed by atoms with Crippen molar-refractivity contribution in [1.29, 1.82) is 0 Å². The van der Waals surface area contributed by atoms with Gasteiger partial charge in [0, 0.05) is 5.02 Å². The predicted octanol–water partition coefficient (Wildman–Crippen LogP) is 3.97. The van der Waals surface area contributed by atoms with E-state index in [0.29, 0.717) is 26.5 Å². The summed E-state index contributed by atoms with van der Waals surface area (Å²) < 4.78 is 5.53. The normalized spacial score (nSPS) is 11.6. The Kier molecular flexibility index (Phi) is 6.92. The molecule has 0 aliphatic heterocycles. The third-order valence-electron chi connectivity index (χ3n) is 2.91. The molecule has 2 N–H and O–H groups in total. The summed E-state index contributed by atoms with van der Waals surface area (Å²) in [5, 5.41) is 12.6. The van der Waals surface area contributed by atoms with Crippen molar-refractivity contribution in [2.75, 3.05) is 11.1 Å². The number of pyridine rings is 1. The molecule has 132 valence electrons. The van der Waals surface area contributed by atoms with E-state index in [1.807, 2.05) is 0 Å². The molecule has 0 fully saturated rings. The van der Waals surface area contributed by atoms with E-state index in [-0.39, 0.29) is 11.7 Å². The van der Waals surface area contributed by atoms with Gasteiger partial charge in [-0.3, -0.25) is 9.59 Å². The van der Waals surface area contributed by atoms with E-state index in [1.165, 1.54) is 12.3 Å². The first-order valence-electron chi connectivity index (χ1n) is 7.08. The van der Waals surface area contributed by atoms with Crippen LogP contribution in [0, 0.1) is 0 Å². The van der Waals surface area contributed by atoms with Crippen molar-refractivity contribution in [2.45, 2.75) is 18.1 Å². The van der Waals surface area contributed by atoms with Crippen molar-refractivity contribution in [3.63, 3.8) is 0 Å². The molecular formula is C16H14Cl2N2O4S. The Balaban J connectivity index is 1.93. The van der Waals surface area contributed by atoms with Crippen molar-refractivity contribution in [2.24, 2.45) is 0 Å². The summed E-state index contributed by atoms with van der Waals surface area (Å²) >= 11 is 12.9. The summed E-state index contributed by atoms with van der Waals surface area (Å²) in [6, 6.07) is 8.00. The van der Waals surface area contributed by atoms with Gasteiger partial charge in [-0.05, 0) is 37.3 Å². The van der Waals surface area contributed by atoms with Gasteiger partial charge < -0.3 is 15.2 Å². The summed E-state index contributed by atoms with van der Waals surface area (Å²) in [6.45, 7) is 1.59. The van der Waals surface area contributed by atoms with E-state index in [2.05, 4.69) is 10.3 Å². The number of carboxylic acid groups (broad SMARTS) is 1. The zero-order valence-electron chi connectivity index (χ0n) is 13.0. The Morgan fingerprint density at radius 2 is 2.08 bits per heavy atom. The number of carboxylic acids is 1. The van der Waals surface area contributed by atoms with Crippen LogP contribution in [0.5, 0.6) is 5.75 Å². The third kappa shape index (κ3) is 6.12. The summed E-state index contributed by atoms with van der Waals surface area (Å²) in [7, 11) is 0. The Hall–Kier alpha value is -1.96. The zero-order chi connectivity index (χ0) is 18.4. The first kappa shape index (κ1) is 19.4. The molecule has 2 rings (SSSR count). The van der Waals surface area contributed by atoms with Crippen LogP contribution in [0.15, 0.2) is 41.6 Å². The molecule has 1 unspecified atom stereocenters. The number of nitrogens with one attached hydrogen (secondary N) is 1. The van der Waals surface area contributed by atoms with Crippen LogP contribution in [0.2, 0.25) is 10.0 Å². The molecule has 1 aromatic heterocycles. The van der Waals surface area contributed by atoms with E-state index in [4.69, 9.17) is 33.0 Å². The molecule has 9 heteroatoms. The van der Waals surface area contributed by atoms with Crippen LogP contribution in [0.4, 0.5) is 5.69 Å². The zero-order valence-corrected chi connectivity index (χ0v) is 15.4. The van der Waals surface area contributed by atoms with Gasteiger partial charge in [-0.2, -0.15) is 0 Å². The number of nitrogens with zero attached hydrogens (tertiary/aromatic N) is 1. The lowest BCUT2D eigenvalue weighted by molar-refractivity contribution is -0.133. The number of benzene rings is 1. The van der Waals surface area contributed by atoms with Crippen molar-refractivity contribution in [3.05, 3.63) is 46.6 Å². The van der Waals surface area contributed by atoms with Gasteiger partial charge in [0.25, 0.3) is 5.91 Å². The molecule has 6 nitrogen and oxygen atoms in total. The predicted molar refractivity (Wildman–Crippen MR) is 97.8 cm³/mol. The molecule has 1 aromatic carbocycles. The summed E-state index contributed by atoms with van der Waals surface area (Å²) in [6.07, 6.45) is 0.657. The smallest absolute Gasteiger partial charge is 0.313 e. The van der Waals surface area contributed by atoms with Crippen LogP contribution in [0.1, 0.15) is 6.92 Å². The van der Waals surface area contributed by atoms with Gasteiger partial charge in [-0.25, -0.2) is 4.98 Å². The Labute approximate surface area is 158 Å². The standard InChI is InChI=1S/C16H14Cl2N2O4S/c1-9(24-13-4-2-10(17)6-12(13)18)16(23)20-11-3-5-14(19-7-11)25-8-15(21)22/h2-7,9H,8H2,1H3,(H,20,23)(H,21,22). The van der Waals surface area contributed by atoms with Crippen LogP contribution in [-0.2, 0) is 9.59 Å². The van der Waals surface area contributed by atoms with Crippen LogP contribution < -0.4 is 10.1 Å². The number of hydrogen-bond donors (Lipinski definition) is 2. The number of aliphatic carboxylic acids is 1. The second-order valence-electron chi connectivity index (χ2n) is 4.89. The van der Waals surface area contributed by atoms with Crippen molar-refractivity contribution >= 4 is 52.5 Å². The molecule has 0 bridgehead atoms. The van der Waals surface area contributed by atoms with Crippen LogP contribution in [0.25, 0.3) is 0 Å². The topological polar surface area (TPSA) is 88.5 Å². The number of carbonyl (C=O) groups is 2. The average Bonchev–Trinajstić information content (AvgIpc) is 2.56. The molecule has 0 spiro atoms. The van der Waals surface area contributed by atoms with Gasteiger partial charge in [0.15, 0.2) is 6.10 Å². The van der Waals surface area contributed by atoms with Crippen molar-refractivity contribution in [3.8, 4) is 5.75 Å². The van der Waals surface area contributed by atoms with Crippen molar-refractivity contribution < 1.29 is 19.4 Å². The molecule has 0 aliphatic carbocycles. The van der Waals surface area contributed by atoms with E-state index >= 15 is 0 Å². The highest BCUT2D eigenvalue weighted by Gasteiger charge is 2.16. The number of thioether (sulfide) groups is 1. The largest absolute Gasteiger partial charge is 0.481 e. The van der Waals surface area contributed by atoms with Gasteiger partial charge in [-0.15, -0.1) is 0 Å². The van der Waals surface area contributed by atoms with Gasteiger partial charge in [0.2, 0.25) is 0 Å². The lowest BCUT2D eigenvalue weighted by atomic mass is 10.3. The average molecular weight is 401 g/mol. The van der Waals surface area contributed by atoms with Gasteiger partial charge in [0.05, 0.1) is 27.7 Å². The molecule has 1 atom stereocenters. The second kappa shape index (κ2) is 8.94. The monoisotopic (exact) mass is 400 g/mol. The summed E-state index contributed by atoms with van der Waals surface area (Å²) in [5.74, 6) is -1.02. The van der Waals surface area contributed by atoms with Gasteiger partial charge in [0.1, 0.15) is 5.75 Å². The first-order valence-corrected chi connectivity index (χ1v) is 8.82. The van der Waals surface area contributed by atoms with Gasteiger partial charge in [-0.1, -0.05) is 35.0 Å². The fourth-order valence-corrected chi connectivity index (χ4v) is 2.75. The lowest BCUT2D eigenvalue weighted by Crippen LogP contribution is -2.30. The SMILES string of the molecule is CC(Oc1ccc(Cl)cc1Cl)C(=O)Nc1ccc(SCC(=O)O)nc1. The van der Waals surface area contributed by atoms with Crippen LogP contribution in [0.3, 0.4) is 0 Å². The Morgan fingerprint density at radius 1 is 1.32 bits per heavy atom. The molecule has 0 aliphatic rings. The fraction of sp³-hybridized carbons (Fsp3) is 0.188. The Morgan fingerprint density at radius 3 is 2.68 bits per heavy atom. The molecule has 2 aromatic rings. The third-order valence-corrected chi connectivity index (χ3v) is 4.37. The number of rotatable bonds is 7.